The van der Waals surface area contributed by atoms with E-state index in [4.69, 9.17) is 10.8 Å². The first-order chi connectivity index (χ1) is 8.29. The second kappa shape index (κ2) is 6.17. The second-order valence-corrected chi connectivity index (χ2v) is 6.04. The van der Waals surface area contributed by atoms with Crippen LogP contribution in [-0.4, -0.2) is 42.3 Å². The number of piperidine rings is 1. The topological polar surface area (TPSA) is 49.5 Å². The van der Waals surface area contributed by atoms with Crippen LogP contribution in [-0.2, 0) is 0 Å². The van der Waals surface area contributed by atoms with E-state index in [0.29, 0.717) is 18.1 Å². The Morgan fingerprint density at radius 3 is 2.59 bits per heavy atom. The molecule has 0 aromatic carbocycles. The lowest BCUT2D eigenvalue weighted by molar-refractivity contribution is 0.0704. The Balaban J connectivity index is 1.94. The molecule has 3 heteroatoms. The van der Waals surface area contributed by atoms with E-state index in [1.165, 1.54) is 58.0 Å². The summed E-state index contributed by atoms with van der Waals surface area (Å²) in [7, 11) is 0. The van der Waals surface area contributed by atoms with Gasteiger partial charge in [-0.05, 0) is 50.6 Å². The van der Waals surface area contributed by atoms with Crippen LogP contribution in [0.1, 0.15) is 51.4 Å². The molecule has 100 valence electrons. The summed E-state index contributed by atoms with van der Waals surface area (Å²) in [6, 6.07) is 0.609. The van der Waals surface area contributed by atoms with Crippen molar-refractivity contribution < 1.29 is 5.11 Å². The van der Waals surface area contributed by atoms with Gasteiger partial charge in [0.15, 0.2) is 0 Å². The molecule has 2 aliphatic rings. The third-order valence-electron chi connectivity index (χ3n) is 4.85. The lowest BCUT2D eigenvalue weighted by atomic mass is 9.84. The molecule has 0 aromatic rings. The number of hydrogen-bond acceptors (Lipinski definition) is 3. The largest absolute Gasteiger partial charge is 0.396 e. The first-order valence-corrected chi connectivity index (χ1v) is 7.35. The van der Waals surface area contributed by atoms with Crippen LogP contribution >= 0.6 is 0 Å². The van der Waals surface area contributed by atoms with Crippen LogP contribution in [0, 0.1) is 5.41 Å². The first-order valence-electron chi connectivity index (χ1n) is 7.35. The zero-order valence-corrected chi connectivity index (χ0v) is 11.0. The number of aliphatic hydroxyl groups is 1. The van der Waals surface area contributed by atoms with Crippen molar-refractivity contribution in [3.63, 3.8) is 0 Å². The van der Waals surface area contributed by atoms with Crippen molar-refractivity contribution in [2.75, 3.05) is 26.2 Å². The molecule has 17 heavy (non-hydrogen) atoms. The summed E-state index contributed by atoms with van der Waals surface area (Å²) in [5.74, 6) is 0. The van der Waals surface area contributed by atoms with Gasteiger partial charge in [0.1, 0.15) is 0 Å². The Morgan fingerprint density at radius 1 is 1.18 bits per heavy atom. The standard InChI is InChI=1S/C14H28N2O/c15-11-14(7-2-3-8-14)12-16-9-4-1-5-13(16)6-10-17/h13,17H,1-12,15H2. The molecule has 0 bridgehead atoms. The van der Waals surface area contributed by atoms with E-state index in [1.807, 2.05) is 0 Å². The van der Waals surface area contributed by atoms with Gasteiger partial charge in [0.05, 0.1) is 0 Å². The Labute approximate surface area is 105 Å². The van der Waals surface area contributed by atoms with Crippen LogP contribution in [0.2, 0.25) is 0 Å². The summed E-state index contributed by atoms with van der Waals surface area (Å²) in [5.41, 5.74) is 6.42. The maximum absolute atomic E-state index is 9.17. The molecule has 1 saturated carbocycles. The average molecular weight is 240 g/mol. The fourth-order valence-electron chi connectivity index (χ4n) is 3.73. The highest BCUT2D eigenvalue weighted by molar-refractivity contribution is 4.91. The lowest BCUT2D eigenvalue weighted by Gasteiger charge is -2.41. The molecule has 2 fully saturated rings. The maximum Gasteiger partial charge on any atom is 0.0445 e. The van der Waals surface area contributed by atoms with E-state index in [9.17, 15) is 0 Å². The van der Waals surface area contributed by atoms with Crippen LogP contribution in [0.5, 0.6) is 0 Å². The van der Waals surface area contributed by atoms with Crippen molar-refractivity contribution in [2.24, 2.45) is 11.1 Å². The Morgan fingerprint density at radius 2 is 1.94 bits per heavy atom. The van der Waals surface area contributed by atoms with E-state index in [0.717, 1.165) is 13.0 Å². The number of rotatable bonds is 5. The smallest absolute Gasteiger partial charge is 0.0445 e. The summed E-state index contributed by atoms with van der Waals surface area (Å²) in [6.45, 7) is 3.56. The number of nitrogens with two attached hydrogens (primary N) is 1. The highest BCUT2D eigenvalue weighted by Gasteiger charge is 2.36. The van der Waals surface area contributed by atoms with E-state index in [1.54, 1.807) is 0 Å². The number of hydrogen-bond donors (Lipinski definition) is 2. The van der Waals surface area contributed by atoms with E-state index < -0.39 is 0 Å². The highest BCUT2D eigenvalue weighted by atomic mass is 16.3. The molecule has 1 atom stereocenters. The van der Waals surface area contributed by atoms with Gasteiger partial charge in [0.2, 0.25) is 0 Å². The molecule has 0 radical (unpaired) electrons. The van der Waals surface area contributed by atoms with E-state index in [2.05, 4.69) is 4.90 Å². The molecule has 3 nitrogen and oxygen atoms in total. The average Bonchev–Trinajstić information content (AvgIpc) is 2.81. The highest BCUT2D eigenvalue weighted by Crippen LogP contribution is 2.39. The number of aliphatic hydroxyl groups excluding tert-OH is 1. The van der Waals surface area contributed by atoms with Crippen molar-refractivity contribution in [2.45, 2.75) is 57.4 Å². The van der Waals surface area contributed by atoms with Crippen LogP contribution in [0.4, 0.5) is 0 Å². The molecule has 0 spiro atoms. The SMILES string of the molecule is NCC1(CN2CCCCC2CCO)CCCC1. The minimum atomic E-state index is 0.330. The zero-order chi connectivity index (χ0) is 12.1. The van der Waals surface area contributed by atoms with Gasteiger partial charge in [0, 0.05) is 19.2 Å². The molecule has 1 unspecified atom stereocenters. The predicted octanol–water partition coefficient (Wildman–Crippen LogP) is 1.74. The van der Waals surface area contributed by atoms with Gasteiger partial charge >= 0.3 is 0 Å². The molecule has 1 saturated heterocycles. The Kier molecular flexibility index (Phi) is 4.83. The number of likely N-dealkylation sites (tertiary alicyclic amines) is 1. The fourth-order valence-corrected chi connectivity index (χ4v) is 3.73. The predicted molar refractivity (Wildman–Crippen MR) is 70.9 cm³/mol. The zero-order valence-electron chi connectivity index (χ0n) is 11.0. The van der Waals surface area contributed by atoms with Gasteiger partial charge in [-0.3, -0.25) is 4.90 Å². The summed E-state index contributed by atoms with van der Waals surface area (Å²) in [6.07, 6.45) is 10.2. The van der Waals surface area contributed by atoms with E-state index >= 15 is 0 Å². The molecule has 1 heterocycles. The first kappa shape index (κ1) is 13.3. The van der Waals surface area contributed by atoms with Crippen molar-refractivity contribution in [1.82, 2.24) is 4.90 Å². The number of nitrogens with zero attached hydrogens (tertiary/aromatic N) is 1. The molecular weight excluding hydrogens is 212 g/mol. The van der Waals surface area contributed by atoms with Crippen molar-refractivity contribution in [3.8, 4) is 0 Å². The fraction of sp³-hybridized carbons (Fsp3) is 1.00. The second-order valence-electron chi connectivity index (χ2n) is 6.04. The Bertz CT molecular complexity index is 224. The van der Waals surface area contributed by atoms with Gasteiger partial charge < -0.3 is 10.8 Å². The third-order valence-corrected chi connectivity index (χ3v) is 4.85. The molecule has 0 amide bonds. The third kappa shape index (κ3) is 3.21. The summed E-state index contributed by atoms with van der Waals surface area (Å²) in [5, 5.41) is 9.17. The van der Waals surface area contributed by atoms with Crippen LogP contribution < -0.4 is 5.73 Å². The Hall–Kier alpha value is -0.120. The molecule has 3 N–H and O–H groups in total. The maximum atomic E-state index is 9.17. The molecule has 2 rings (SSSR count). The summed E-state index contributed by atoms with van der Waals surface area (Å²) >= 11 is 0. The van der Waals surface area contributed by atoms with Crippen LogP contribution in [0.25, 0.3) is 0 Å². The van der Waals surface area contributed by atoms with E-state index in [-0.39, 0.29) is 0 Å². The van der Waals surface area contributed by atoms with Gasteiger partial charge in [-0.1, -0.05) is 19.3 Å². The van der Waals surface area contributed by atoms with Gasteiger partial charge in [-0.15, -0.1) is 0 Å². The molecule has 1 aliphatic carbocycles. The van der Waals surface area contributed by atoms with Crippen molar-refractivity contribution in [3.05, 3.63) is 0 Å². The normalized spacial score (nSPS) is 29.6. The summed E-state index contributed by atoms with van der Waals surface area (Å²) in [4.78, 5) is 2.62. The quantitative estimate of drug-likeness (QED) is 0.769. The molecule has 1 aliphatic heterocycles. The van der Waals surface area contributed by atoms with Gasteiger partial charge in [0.25, 0.3) is 0 Å². The van der Waals surface area contributed by atoms with Crippen LogP contribution in [0.3, 0.4) is 0 Å². The van der Waals surface area contributed by atoms with Crippen molar-refractivity contribution >= 4 is 0 Å². The molecule has 0 aromatic heterocycles. The summed E-state index contributed by atoms with van der Waals surface area (Å²) < 4.78 is 0. The molecular formula is C14H28N2O. The van der Waals surface area contributed by atoms with Crippen molar-refractivity contribution in [1.29, 1.82) is 0 Å². The van der Waals surface area contributed by atoms with Gasteiger partial charge in [-0.2, -0.15) is 0 Å². The lowest BCUT2D eigenvalue weighted by Crippen LogP contribution is -2.48. The minimum Gasteiger partial charge on any atom is -0.396 e. The monoisotopic (exact) mass is 240 g/mol. The minimum absolute atomic E-state index is 0.330. The van der Waals surface area contributed by atoms with Gasteiger partial charge in [-0.25, -0.2) is 0 Å². The van der Waals surface area contributed by atoms with Crippen LogP contribution in [0.15, 0.2) is 0 Å².